The predicted octanol–water partition coefficient (Wildman–Crippen LogP) is 6.07. The molecule has 0 unspecified atom stereocenters. The Kier molecular flexibility index (Phi) is 3.67. The summed E-state index contributed by atoms with van der Waals surface area (Å²) in [5.74, 6) is 0. The zero-order chi connectivity index (χ0) is 14.4. The van der Waals surface area contributed by atoms with Gasteiger partial charge in [-0.2, -0.15) is 0 Å². The van der Waals surface area contributed by atoms with Crippen LogP contribution < -0.4 is 0 Å². The summed E-state index contributed by atoms with van der Waals surface area (Å²) in [7, 11) is 0. The fourth-order valence-electron chi connectivity index (χ4n) is 2.13. The molecule has 0 radical (unpaired) electrons. The van der Waals surface area contributed by atoms with Crippen LogP contribution in [0.15, 0.2) is 34.8 Å². The van der Waals surface area contributed by atoms with Crippen molar-refractivity contribution in [3.63, 3.8) is 0 Å². The van der Waals surface area contributed by atoms with Gasteiger partial charge in [-0.3, -0.25) is 4.57 Å². The molecular formula is C14H9BrCl2N2S. The molecule has 1 aromatic heterocycles. The summed E-state index contributed by atoms with van der Waals surface area (Å²) in [6.07, 6.45) is 0. The van der Waals surface area contributed by atoms with Gasteiger partial charge in [-0.15, -0.1) is 0 Å². The number of hydrogen-bond donors (Lipinski definition) is 1. The van der Waals surface area contributed by atoms with Crippen LogP contribution in [0.4, 0.5) is 0 Å². The molecule has 0 amide bonds. The zero-order valence-corrected chi connectivity index (χ0v) is 14.3. The van der Waals surface area contributed by atoms with E-state index in [0.717, 1.165) is 21.2 Å². The largest absolute Gasteiger partial charge is 0.330 e. The fourth-order valence-corrected chi connectivity index (χ4v) is 3.43. The van der Waals surface area contributed by atoms with Gasteiger partial charge in [-0.05, 0) is 64.9 Å². The van der Waals surface area contributed by atoms with E-state index in [0.29, 0.717) is 14.8 Å². The van der Waals surface area contributed by atoms with E-state index in [4.69, 9.17) is 35.4 Å². The van der Waals surface area contributed by atoms with Crippen molar-refractivity contribution < 1.29 is 0 Å². The maximum atomic E-state index is 6.12. The Morgan fingerprint density at radius 1 is 1.15 bits per heavy atom. The van der Waals surface area contributed by atoms with Crippen molar-refractivity contribution in [1.82, 2.24) is 9.55 Å². The number of imidazole rings is 1. The highest BCUT2D eigenvalue weighted by Crippen LogP contribution is 2.31. The highest BCUT2D eigenvalue weighted by molar-refractivity contribution is 9.10. The average Bonchev–Trinajstić information content (AvgIpc) is 2.66. The van der Waals surface area contributed by atoms with E-state index in [9.17, 15) is 0 Å². The van der Waals surface area contributed by atoms with Gasteiger partial charge in [-0.1, -0.05) is 29.3 Å². The number of H-pyrrole nitrogens is 1. The number of fused-ring (bicyclic) bond motifs is 1. The van der Waals surface area contributed by atoms with E-state index in [1.54, 1.807) is 6.07 Å². The molecule has 0 fully saturated rings. The minimum Gasteiger partial charge on any atom is -0.330 e. The van der Waals surface area contributed by atoms with Crippen LogP contribution in [-0.2, 0) is 0 Å². The first kappa shape index (κ1) is 14.1. The van der Waals surface area contributed by atoms with Crippen molar-refractivity contribution in [2.75, 3.05) is 0 Å². The molecule has 102 valence electrons. The number of aryl methyl sites for hydroxylation is 1. The quantitative estimate of drug-likeness (QED) is 0.502. The second-order valence-corrected chi connectivity index (χ2v) is 6.56. The van der Waals surface area contributed by atoms with Gasteiger partial charge in [0, 0.05) is 4.47 Å². The van der Waals surface area contributed by atoms with E-state index in [-0.39, 0.29) is 0 Å². The minimum absolute atomic E-state index is 0.505. The molecular weight excluding hydrogens is 379 g/mol. The summed E-state index contributed by atoms with van der Waals surface area (Å²) in [4.78, 5) is 3.15. The standard InChI is InChI=1S/C14H9BrCl2N2S/c1-7-2-3-12(8(15)4-7)19-13-6-10(17)9(16)5-11(13)18-14(19)20/h2-6H,1H3,(H,18,20). The van der Waals surface area contributed by atoms with Crippen LogP contribution in [0.5, 0.6) is 0 Å². The van der Waals surface area contributed by atoms with E-state index in [1.165, 1.54) is 5.56 Å². The molecule has 6 heteroatoms. The van der Waals surface area contributed by atoms with Crippen molar-refractivity contribution in [2.45, 2.75) is 6.92 Å². The van der Waals surface area contributed by atoms with E-state index in [1.807, 2.05) is 35.8 Å². The number of halogens is 3. The van der Waals surface area contributed by atoms with Crippen LogP contribution in [-0.4, -0.2) is 9.55 Å². The normalized spacial score (nSPS) is 11.2. The monoisotopic (exact) mass is 386 g/mol. The van der Waals surface area contributed by atoms with Crippen molar-refractivity contribution in [3.8, 4) is 5.69 Å². The minimum atomic E-state index is 0.505. The maximum Gasteiger partial charge on any atom is 0.182 e. The van der Waals surface area contributed by atoms with Crippen molar-refractivity contribution in [2.24, 2.45) is 0 Å². The lowest BCUT2D eigenvalue weighted by Crippen LogP contribution is -1.95. The topological polar surface area (TPSA) is 20.7 Å². The smallest absolute Gasteiger partial charge is 0.182 e. The van der Waals surface area contributed by atoms with Gasteiger partial charge in [0.2, 0.25) is 0 Å². The van der Waals surface area contributed by atoms with Crippen molar-refractivity contribution in [3.05, 3.63) is 55.2 Å². The van der Waals surface area contributed by atoms with Gasteiger partial charge in [-0.25, -0.2) is 0 Å². The summed E-state index contributed by atoms with van der Waals surface area (Å²) in [6, 6.07) is 9.71. The van der Waals surface area contributed by atoms with Gasteiger partial charge in [0.05, 0.1) is 26.8 Å². The highest BCUT2D eigenvalue weighted by Gasteiger charge is 2.11. The maximum absolute atomic E-state index is 6.12. The zero-order valence-electron chi connectivity index (χ0n) is 10.4. The fraction of sp³-hybridized carbons (Fsp3) is 0.0714. The first-order valence-electron chi connectivity index (χ1n) is 5.83. The highest BCUT2D eigenvalue weighted by atomic mass is 79.9. The number of nitrogens with zero attached hydrogens (tertiary/aromatic N) is 1. The number of benzene rings is 2. The first-order valence-corrected chi connectivity index (χ1v) is 7.79. The average molecular weight is 388 g/mol. The Bertz CT molecular complexity index is 883. The lowest BCUT2D eigenvalue weighted by atomic mass is 10.2. The van der Waals surface area contributed by atoms with Crippen LogP contribution in [0, 0.1) is 11.7 Å². The number of rotatable bonds is 1. The second kappa shape index (κ2) is 5.19. The molecule has 0 saturated carbocycles. The Balaban J connectivity index is 2.39. The molecule has 20 heavy (non-hydrogen) atoms. The van der Waals surface area contributed by atoms with Gasteiger partial charge in [0.15, 0.2) is 4.77 Å². The van der Waals surface area contributed by atoms with E-state index in [2.05, 4.69) is 20.9 Å². The summed E-state index contributed by atoms with van der Waals surface area (Å²) < 4.78 is 3.51. The molecule has 3 aromatic rings. The van der Waals surface area contributed by atoms with Crippen LogP contribution in [0.25, 0.3) is 16.7 Å². The van der Waals surface area contributed by atoms with E-state index >= 15 is 0 Å². The van der Waals surface area contributed by atoms with Crippen LogP contribution >= 0.6 is 51.3 Å². The Hall–Kier alpha value is -0.810. The predicted molar refractivity (Wildman–Crippen MR) is 90.9 cm³/mol. The van der Waals surface area contributed by atoms with Gasteiger partial charge >= 0.3 is 0 Å². The molecule has 0 spiro atoms. The number of nitrogens with one attached hydrogen (secondary N) is 1. The Morgan fingerprint density at radius 3 is 2.55 bits per heavy atom. The van der Waals surface area contributed by atoms with Crippen molar-refractivity contribution in [1.29, 1.82) is 0 Å². The lowest BCUT2D eigenvalue weighted by molar-refractivity contribution is 1.05. The number of aromatic nitrogens is 2. The Morgan fingerprint density at radius 2 is 1.85 bits per heavy atom. The second-order valence-electron chi connectivity index (χ2n) is 4.50. The molecule has 2 aromatic carbocycles. The molecule has 0 atom stereocenters. The SMILES string of the molecule is Cc1ccc(-n2c(=S)[nH]c3cc(Cl)c(Cl)cc32)c(Br)c1. The van der Waals surface area contributed by atoms with Crippen LogP contribution in [0.1, 0.15) is 5.56 Å². The molecule has 2 nitrogen and oxygen atoms in total. The molecule has 0 aliphatic rings. The molecule has 0 aliphatic heterocycles. The number of hydrogen-bond acceptors (Lipinski definition) is 1. The lowest BCUT2D eigenvalue weighted by Gasteiger charge is -2.08. The molecule has 3 rings (SSSR count). The van der Waals surface area contributed by atoms with Crippen LogP contribution in [0.2, 0.25) is 10.0 Å². The number of aromatic amines is 1. The summed E-state index contributed by atoms with van der Waals surface area (Å²) in [5.41, 5.74) is 3.89. The van der Waals surface area contributed by atoms with Crippen LogP contribution in [0.3, 0.4) is 0 Å². The van der Waals surface area contributed by atoms with Gasteiger partial charge in [0.1, 0.15) is 0 Å². The third-order valence-electron chi connectivity index (χ3n) is 3.07. The summed E-state index contributed by atoms with van der Waals surface area (Å²) >= 11 is 21.2. The summed E-state index contributed by atoms with van der Waals surface area (Å²) in [6.45, 7) is 2.04. The molecule has 0 aliphatic carbocycles. The third-order valence-corrected chi connectivity index (χ3v) is 4.71. The first-order chi connectivity index (χ1) is 9.47. The molecule has 1 heterocycles. The van der Waals surface area contributed by atoms with Gasteiger partial charge in [0.25, 0.3) is 0 Å². The molecule has 1 N–H and O–H groups in total. The molecule has 0 bridgehead atoms. The molecule has 0 saturated heterocycles. The van der Waals surface area contributed by atoms with Gasteiger partial charge < -0.3 is 4.98 Å². The third kappa shape index (κ3) is 2.31. The van der Waals surface area contributed by atoms with Crippen molar-refractivity contribution >= 4 is 62.4 Å². The summed E-state index contributed by atoms with van der Waals surface area (Å²) in [5, 5.41) is 1.01. The van der Waals surface area contributed by atoms with E-state index < -0.39 is 0 Å². The Labute approximate surface area is 139 Å².